The quantitative estimate of drug-likeness (QED) is 0.519. The van der Waals surface area contributed by atoms with Crippen LogP contribution in [-0.2, 0) is 18.4 Å². The Bertz CT molecular complexity index is 589. The standard InChI is InChI=1S/C16H19Br3N2/c1-3-21-14(15(19)12(2)20-21)9-16(10-17,11-18)13-7-5-4-6-8-13/h4-8H,3,9-11H2,1-2H3. The van der Waals surface area contributed by atoms with E-state index in [1.165, 1.54) is 11.3 Å². The van der Waals surface area contributed by atoms with Crippen LogP contribution in [0.5, 0.6) is 0 Å². The van der Waals surface area contributed by atoms with Crippen LogP contribution in [0.15, 0.2) is 34.8 Å². The van der Waals surface area contributed by atoms with Crippen LogP contribution in [0.25, 0.3) is 0 Å². The van der Waals surface area contributed by atoms with Crippen molar-refractivity contribution in [2.75, 3.05) is 10.7 Å². The topological polar surface area (TPSA) is 17.8 Å². The lowest BCUT2D eigenvalue weighted by Gasteiger charge is -2.31. The molecule has 0 saturated heterocycles. The molecular weight excluding hydrogens is 460 g/mol. The molecule has 5 heteroatoms. The molecular formula is C16H19Br3N2. The molecule has 0 unspecified atom stereocenters. The fourth-order valence-electron chi connectivity index (χ4n) is 2.54. The average molecular weight is 479 g/mol. The Labute approximate surface area is 151 Å². The first-order valence-corrected chi connectivity index (χ1v) is 10.0. The van der Waals surface area contributed by atoms with E-state index in [2.05, 4.69) is 94.8 Å². The predicted molar refractivity (Wildman–Crippen MR) is 99.8 cm³/mol. The number of hydrogen-bond donors (Lipinski definition) is 0. The lowest BCUT2D eigenvalue weighted by Crippen LogP contribution is -2.34. The van der Waals surface area contributed by atoms with E-state index in [9.17, 15) is 0 Å². The van der Waals surface area contributed by atoms with Gasteiger partial charge in [0, 0.05) is 29.0 Å². The van der Waals surface area contributed by atoms with E-state index in [0.717, 1.165) is 33.8 Å². The van der Waals surface area contributed by atoms with Crippen molar-refractivity contribution in [3.8, 4) is 0 Å². The minimum absolute atomic E-state index is 0.0170. The highest BCUT2D eigenvalue weighted by atomic mass is 79.9. The number of aryl methyl sites for hydroxylation is 2. The highest BCUT2D eigenvalue weighted by Gasteiger charge is 2.33. The molecule has 114 valence electrons. The summed E-state index contributed by atoms with van der Waals surface area (Å²) in [4.78, 5) is 0. The van der Waals surface area contributed by atoms with Crippen molar-refractivity contribution in [1.29, 1.82) is 0 Å². The maximum absolute atomic E-state index is 4.61. The smallest absolute Gasteiger partial charge is 0.0738 e. The number of nitrogens with zero attached hydrogens (tertiary/aromatic N) is 2. The summed E-state index contributed by atoms with van der Waals surface area (Å²) in [7, 11) is 0. The third-order valence-electron chi connectivity index (χ3n) is 3.86. The molecule has 0 amide bonds. The third kappa shape index (κ3) is 3.45. The first kappa shape index (κ1) is 17.2. The van der Waals surface area contributed by atoms with Crippen LogP contribution in [-0.4, -0.2) is 20.4 Å². The Morgan fingerprint density at radius 2 is 1.76 bits per heavy atom. The molecule has 0 radical (unpaired) electrons. The van der Waals surface area contributed by atoms with Crippen LogP contribution >= 0.6 is 47.8 Å². The predicted octanol–water partition coefficient (Wildman–Crippen LogP) is 5.24. The van der Waals surface area contributed by atoms with Crippen LogP contribution in [0.1, 0.15) is 23.9 Å². The fourth-order valence-corrected chi connectivity index (χ4v) is 4.93. The van der Waals surface area contributed by atoms with Crippen molar-refractivity contribution in [3.05, 3.63) is 51.8 Å². The van der Waals surface area contributed by atoms with E-state index in [0.29, 0.717) is 0 Å². The second kappa shape index (κ2) is 7.42. The molecule has 1 aromatic carbocycles. The molecule has 0 spiro atoms. The molecule has 1 aromatic heterocycles. The number of benzene rings is 1. The lowest BCUT2D eigenvalue weighted by atomic mass is 9.80. The summed E-state index contributed by atoms with van der Waals surface area (Å²) in [5, 5.41) is 6.41. The third-order valence-corrected chi connectivity index (χ3v) is 7.03. The van der Waals surface area contributed by atoms with Gasteiger partial charge in [-0.25, -0.2) is 0 Å². The second-order valence-corrected chi connectivity index (χ2v) is 7.17. The van der Waals surface area contributed by atoms with Gasteiger partial charge >= 0.3 is 0 Å². The molecule has 0 atom stereocenters. The van der Waals surface area contributed by atoms with E-state index in [4.69, 9.17) is 0 Å². The van der Waals surface area contributed by atoms with Crippen LogP contribution < -0.4 is 0 Å². The van der Waals surface area contributed by atoms with Crippen molar-refractivity contribution >= 4 is 47.8 Å². The van der Waals surface area contributed by atoms with Gasteiger partial charge in [-0.05, 0) is 35.3 Å². The van der Waals surface area contributed by atoms with Gasteiger partial charge in [0.15, 0.2) is 0 Å². The Morgan fingerprint density at radius 1 is 1.14 bits per heavy atom. The first-order valence-electron chi connectivity index (χ1n) is 6.97. The molecule has 21 heavy (non-hydrogen) atoms. The lowest BCUT2D eigenvalue weighted by molar-refractivity contribution is 0.507. The van der Waals surface area contributed by atoms with Gasteiger partial charge in [0.1, 0.15) is 0 Å². The van der Waals surface area contributed by atoms with Crippen molar-refractivity contribution < 1.29 is 0 Å². The molecule has 0 N–H and O–H groups in total. The molecule has 0 saturated carbocycles. The highest BCUT2D eigenvalue weighted by Crippen LogP contribution is 2.35. The summed E-state index contributed by atoms with van der Waals surface area (Å²) in [6.07, 6.45) is 0.933. The molecule has 1 heterocycles. The number of aromatic nitrogens is 2. The Kier molecular flexibility index (Phi) is 6.09. The summed E-state index contributed by atoms with van der Waals surface area (Å²) < 4.78 is 3.23. The zero-order valence-electron chi connectivity index (χ0n) is 12.2. The van der Waals surface area contributed by atoms with E-state index >= 15 is 0 Å². The summed E-state index contributed by atoms with van der Waals surface area (Å²) in [6.45, 7) is 5.07. The summed E-state index contributed by atoms with van der Waals surface area (Å²) in [5.41, 5.74) is 3.67. The van der Waals surface area contributed by atoms with E-state index in [-0.39, 0.29) is 5.41 Å². The van der Waals surface area contributed by atoms with E-state index in [1.807, 2.05) is 6.92 Å². The molecule has 0 fully saturated rings. The molecule has 0 aliphatic heterocycles. The van der Waals surface area contributed by atoms with Gasteiger partial charge in [-0.1, -0.05) is 62.2 Å². The molecule has 2 nitrogen and oxygen atoms in total. The average Bonchev–Trinajstić information content (AvgIpc) is 2.80. The first-order chi connectivity index (χ1) is 10.1. The van der Waals surface area contributed by atoms with Crippen molar-refractivity contribution in [3.63, 3.8) is 0 Å². The van der Waals surface area contributed by atoms with Crippen LogP contribution in [0.4, 0.5) is 0 Å². The van der Waals surface area contributed by atoms with Crippen molar-refractivity contribution in [1.82, 2.24) is 9.78 Å². The minimum atomic E-state index is 0.0170. The van der Waals surface area contributed by atoms with Crippen LogP contribution in [0.3, 0.4) is 0 Å². The maximum atomic E-state index is 4.61. The molecule has 0 aliphatic carbocycles. The molecule has 0 bridgehead atoms. The van der Waals surface area contributed by atoms with Gasteiger partial charge < -0.3 is 0 Å². The molecule has 2 aromatic rings. The van der Waals surface area contributed by atoms with Gasteiger partial charge in [-0.15, -0.1) is 0 Å². The normalized spacial score (nSPS) is 11.9. The SMILES string of the molecule is CCn1nc(C)c(Br)c1CC(CBr)(CBr)c1ccccc1. The minimum Gasteiger partial charge on any atom is -0.268 e. The van der Waals surface area contributed by atoms with Gasteiger partial charge in [0.05, 0.1) is 15.9 Å². The summed E-state index contributed by atoms with van der Waals surface area (Å²) in [5.74, 6) is 0. The van der Waals surface area contributed by atoms with Gasteiger partial charge in [0.25, 0.3) is 0 Å². The molecule has 0 aliphatic rings. The van der Waals surface area contributed by atoms with Crippen LogP contribution in [0, 0.1) is 6.92 Å². The second-order valence-electron chi connectivity index (χ2n) is 5.25. The summed E-state index contributed by atoms with van der Waals surface area (Å²) >= 11 is 11.2. The van der Waals surface area contributed by atoms with Gasteiger partial charge in [-0.3, -0.25) is 4.68 Å². The summed E-state index contributed by atoms with van der Waals surface area (Å²) in [6, 6.07) is 10.7. The van der Waals surface area contributed by atoms with E-state index < -0.39 is 0 Å². The highest BCUT2D eigenvalue weighted by molar-refractivity contribution is 9.10. The van der Waals surface area contributed by atoms with Gasteiger partial charge in [-0.2, -0.15) is 5.10 Å². The molecule has 2 rings (SSSR count). The van der Waals surface area contributed by atoms with Gasteiger partial charge in [0.2, 0.25) is 0 Å². The largest absolute Gasteiger partial charge is 0.268 e. The number of rotatable bonds is 6. The monoisotopic (exact) mass is 476 g/mol. The van der Waals surface area contributed by atoms with Crippen LogP contribution in [0.2, 0.25) is 0 Å². The van der Waals surface area contributed by atoms with Crippen molar-refractivity contribution in [2.24, 2.45) is 0 Å². The Hall–Kier alpha value is -0.130. The maximum Gasteiger partial charge on any atom is 0.0738 e. The Balaban J connectivity index is 2.46. The Morgan fingerprint density at radius 3 is 2.29 bits per heavy atom. The zero-order chi connectivity index (χ0) is 15.5. The number of alkyl halides is 2. The fraction of sp³-hybridized carbons (Fsp3) is 0.438. The zero-order valence-corrected chi connectivity index (χ0v) is 17.0. The number of halogens is 3. The van der Waals surface area contributed by atoms with Crippen molar-refractivity contribution in [2.45, 2.75) is 32.2 Å². The van der Waals surface area contributed by atoms with E-state index in [1.54, 1.807) is 0 Å². The number of hydrogen-bond acceptors (Lipinski definition) is 1.